The predicted octanol–water partition coefficient (Wildman–Crippen LogP) is 1.49. The Morgan fingerprint density at radius 2 is 2.46 bits per heavy atom. The number of aryl methyl sites for hydroxylation is 1. The van der Waals surface area contributed by atoms with Crippen LogP contribution in [0.2, 0.25) is 0 Å². The minimum absolute atomic E-state index is 0.275. The number of terminal acetylenes is 1. The lowest BCUT2D eigenvalue weighted by Crippen LogP contribution is -2.05. The first-order valence-electron chi connectivity index (χ1n) is 4.61. The quantitative estimate of drug-likeness (QED) is 0.643. The molecule has 2 heteroatoms. The maximum atomic E-state index is 9.68. The predicted molar refractivity (Wildman–Crippen MR) is 51.2 cm³/mol. The average Bonchev–Trinajstić information content (AvgIpc) is 2.49. The third-order valence-electron chi connectivity index (χ3n) is 2.55. The molecule has 0 saturated carbocycles. The molecule has 0 bridgehead atoms. The number of fused-ring (bicyclic) bond motifs is 1. The highest BCUT2D eigenvalue weighted by molar-refractivity contribution is 5.29. The molecule has 1 aromatic rings. The molecule has 2 rings (SSSR count). The van der Waals surface area contributed by atoms with E-state index in [2.05, 4.69) is 12.1 Å². The molecule has 13 heavy (non-hydrogen) atoms. The van der Waals surface area contributed by atoms with E-state index in [-0.39, 0.29) is 6.10 Å². The minimum atomic E-state index is -0.275. The zero-order valence-electron chi connectivity index (χ0n) is 7.53. The van der Waals surface area contributed by atoms with Crippen LogP contribution in [0.4, 0.5) is 0 Å². The standard InChI is InChI=1S/C11H13NO/c1-2-6-12-7-9-4-3-5-11(13)10(9)8-12/h1,7-8,11,13H,3-6H2. The van der Waals surface area contributed by atoms with Gasteiger partial charge in [0.05, 0.1) is 12.6 Å². The van der Waals surface area contributed by atoms with Crippen molar-refractivity contribution in [2.45, 2.75) is 31.9 Å². The Bertz CT molecular complexity index is 345. The summed E-state index contributed by atoms with van der Waals surface area (Å²) in [5.74, 6) is 2.59. The molecule has 1 unspecified atom stereocenters. The van der Waals surface area contributed by atoms with Crippen molar-refractivity contribution >= 4 is 0 Å². The molecule has 1 atom stereocenters. The van der Waals surface area contributed by atoms with Gasteiger partial charge in [0, 0.05) is 18.0 Å². The normalized spacial score (nSPS) is 20.8. The molecule has 2 nitrogen and oxygen atoms in total. The molecule has 0 radical (unpaired) electrons. The topological polar surface area (TPSA) is 25.2 Å². The van der Waals surface area contributed by atoms with Gasteiger partial charge in [-0.05, 0) is 24.8 Å². The fraction of sp³-hybridized carbons (Fsp3) is 0.455. The first-order chi connectivity index (χ1) is 6.31. The summed E-state index contributed by atoms with van der Waals surface area (Å²) in [5, 5.41) is 9.68. The van der Waals surface area contributed by atoms with Crippen LogP contribution in [0, 0.1) is 12.3 Å². The van der Waals surface area contributed by atoms with Gasteiger partial charge in [0.1, 0.15) is 0 Å². The summed E-state index contributed by atoms with van der Waals surface area (Å²) in [7, 11) is 0. The maximum absolute atomic E-state index is 9.68. The van der Waals surface area contributed by atoms with Gasteiger partial charge in [-0.3, -0.25) is 0 Å². The van der Waals surface area contributed by atoms with Crippen LogP contribution in [0.3, 0.4) is 0 Å². The fourth-order valence-electron chi connectivity index (χ4n) is 1.92. The van der Waals surface area contributed by atoms with Crippen molar-refractivity contribution in [1.82, 2.24) is 4.57 Å². The molecule has 68 valence electrons. The van der Waals surface area contributed by atoms with Crippen molar-refractivity contribution in [2.75, 3.05) is 0 Å². The minimum Gasteiger partial charge on any atom is -0.388 e. The number of nitrogens with zero attached hydrogens (tertiary/aromatic N) is 1. The number of aliphatic hydroxyl groups is 1. The average molecular weight is 175 g/mol. The van der Waals surface area contributed by atoms with Gasteiger partial charge in [0.15, 0.2) is 0 Å². The van der Waals surface area contributed by atoms with Gasteiger partial charge >= 0.3 is 0 Å². The molecule has 1 heterocycles. The van der Waals surface area contributed by atoms with Gasteiger partial charge in [-0.15, -0.1) is 6.42 Å². The van der Waals surface area contributed by atoms with E-state index in [0.29, 0.717) is 6.54 Å². The summed E-state index contributed by atoms with van der Waals surface area (Å²) in [5.41, 5.74) is 2.33. The number of aliphatic hydroxyl groups excluding tert-OH is 1. The van der Waals surface area contributed by atoms with Crippen LogP contribution in [-0.2, 0) is 13.0 Å². The molecule has 1 aliphatic carbocycles. The van der Waals surface area contributed by atoms with Crippen molar-refractivity contribution in [2.24, 2.45) is 0 Å². The van der Waals surface area contributed by atoms with Crippen LogP contribution in [0.5, 0.6) is 0 Å². The van der Waals surface area contributed by atoms with E-state index in [4.69, 9.17) is 6.42 Å². The zero-order valence-corrected chi connectivity index (χ0v) is 7.53. The molecular weight excluding hydrogens is 162 g/mol. The lowest BCUT2D eigenvalue weighted by Gasteiger charge is -2.16. The van der Waals surface area contributed by atoms with Crippen LogP contribution < -0.4 is 0 Å². The Morgan fingerprint density at radius 1 is 1.62 bits per heavy atom. The Labute approximate surface area is 78.2 Å². The number of hydrogen-bond acceptors (Lipinski definition) is 1. The van der Waals surface area contributed by atoms with E-state index in [0.717, 1.165) is 24.8 Å². The largest absolute Gasteiger partial charge is 0.388 e. The monoisotopic (exact) mass is 175 g/mol. The molecule has 1 aliphatic rings. The van der Waals surface area contributed by atoms with Gasteiger partial charge in [-0.2, -0.15) is 0 Å². The van der Waals surface area contributed by atoms with E-state index < -0.39 is 0 Å². The second-order valence-corrected chi connectivity index (χ2v) is 3.52. The lowest BCUT2D eigenvalue weighted by atomic mass is 9.93. The highest BCUT2D eigenvalue weighted by atomic mass is 16.3. The molecule has 0 aliphatic heterocycles. The van der Waals surface area contributed by atoms with Crippen molar-refractivity contribution in [3.05, 3.63) is 23.5 Å². The molecule has 0 aromatic carbocycles. The molecule has 0 saturated heterocycles. The van der Waals surface area contributed by atoms with Crippen LogP contribution in [-0.4, -0.2) is 9.67 Å². The van der Waals surface area contributed by atoms with Crippen molar-refractivity contribution in [1.29, 1.82) is 0 Å². The summed E-state index contributed by atoms with van der Waals surface area (Å²) >= 11 is 0. The lowest BCUT2D eigenvalue weighted by molar-refractivity contribution is 0.157. The van der Waals surface area contributed by atoms with Gasteiger partial charge in [0.2, 0.25) is 0 Å². The van der Waals surface area contributed by atoms with Gasteiger partial charge < -0.3 is 9.67 Å². The highest BCUT2D eigenvalue weighted by Crippen LogP contribution is 2.29. The molecule has 0 fully saturated rings. The van der Waals surface area contributed by atoms with Crippen LogP contribution in [0.15, 0.2) is 12.4 Å². The molecule has 1 N–H and O–H groups in total. The molecule has 1 aromatic heterocycles. The maximum Gasteiger partial charge on any atom is 0.0829 e. The first kappa shape index (κ1) is 8.40. The fourth-order valence-corrected chi connectivity index (χ4v) is 1.92. The number of aromatic nitrogens is 1. The summed E-state index contributed by atoms with van der Waals surface area (Å²) in [6.07, 6.45) is 12.0. The second kappa shape index (κ2) is 3.27. The SMILES string of the molecule is C#CCn1cc2c(c1)C(O)CCC2. The van der Waals surface area contributed by atoms with Crippen LogP contribution in [0.25, 0.3) is 0 Å². The Hall–Kier alpha value is -1.20. The third kappa shape index (κ3) is 1.48. The first-order valence-corrected chi connectivity index (χ1v) is 4.61. The van der Waals surface area contributed by atoms with Crippen molar-refractivity contribution in [3.63, 3.8) is 0 Å². The summed E-state index contributed by atoms with van der Waals surface area (Å²) < 4.78 is 1.97. The Balaban J connectivity index is 2.32. The second-order valence-electron chi connectivity index (χ2n) is 3.52. The summed E-state index contributed by atoms with van der Waals surface area (Å²) in [6.45, 7) is 0.597. The van der Waals surface area contributed by atoms with E-state index in [9.17, 15) is 5.11 Å². The van der Waals surface area contributed by atoms with E-state index in [1.165, 1.54) is 5.56 Å². The molecule has 0 spiro atoms. The van der Waals surface area contributed by atoms with Crippen molar-refractivity contribution in [3.8, 4) is 12.3 Å². The smallest absolute Gasteiger partial charge is 0.0829 e. The number of hydrogen-bond donors (Lipinski definition) is 1. The molecular formula is C11H13NO. The van der Waals surface area contributed by atoms with Gasteiger partial charge in [0.25, 0.3) is 0 Å². The van der Waals surface area contributed by atoms with Crippen LogP contribution in [0.1, 0.15) is 30.1 Å². The summed E-state index contributed by atoms with van der Waals surface area (Å²) in [4.78, 5) is 0. The Kier molecular flexibility index (Phi) is 2.12. The molecule has 0 amide bonds. The van der Waals surface area contributed by atoms with E-state index >= 15 is 0 Å². The Morgan fingerprint density at radius 3 is 3.15 bits per heavy atom. The number of rotatable bonds is 1. The van der Waals surface area contributed by atoms with Gasteiger partial charge in [-0.25, -0.2) is 0 Å². The summed E-state index contributed by atoms with van der Waals surface area (Å²) in [6, 6.07) is 0. The highest BCUT2D eigenvalue weighted by Gasteiger charge is 2.19. The zero-order chi connectivity index (χ0) is 9.26. The van der Waals surface area contributed by atoms with Gasteiger partial charge in [-0.1, -0.05) is 5.92 Å². The van der Waals surface area contributed by atoms with E-state index in [1.807, 2.05) is 10.8 Å². The van der Waals surface area contributed by atoms with Crippen molar-refractivity contribution < 1.29 is 5.11 Å². The third-order valence-corrected chi connectivity index (χ3v) is 2.55. The van der Waals surface area contributed by atoms with Crippen LogP contribution >= 0.6 is 0 Å². The van der Waals surface area contributed by atoms with E-state index in [1.54, 1.807) is 0 Å².